The Balaban J connectivity index is 1.77. The van der Waals surface area contributed by atoms with Crippen molar-refractivity contribution in [1.29, 1.82) is 0 Å². The number of para-hydroxylation sites is 1. The van der Waals surface area contributed by atoms with E-state index in [0.29, 0.717) is 21.8 Å². The SMILES string of the molecule is Cc1c2cnn(-c3ccccc3)c(=O)c2c(C)n1C(C)C(=O)Nc1cccc(Cl)c1. The van der Waals surface area contributed by atoms with Crippen LogP contribution < -0.4 is 10.9 Å². The number of rotatable bonds is 4. The van der Waals surface area contributed by atoms with Gasteiger partial charge in [0, 0.05) is 27.5 Å². The number of amides is 1. The Hall–Kier alpha value is -3.38. The van der Waals surface area contributed by atoms with E-state index in [2.05, 4.69) is 10.4 Å². The fourth-order valence-corrected chi connectivity index (χ4v) is 4.03. The van der Waals surface area contributed by atoms with E-state index in [1.54, 1.807) is 30.5 Å². The van der Waals surface area contributed by atoms with Gasteiger partial charge >= 0.3 is 0 Å². The van der Waals surface area contributed by atoms with Crippen LogP contribution >= 0.6 is 11.6 Å². The third kappa shape index (κ3) is 3.39. The number of benzene rings is 2. The summed E-state index contributed by atoms with van der Waals surface area (Å²) in [5, 5.41) is 9.09. The summed E-state index contributed by atoms with van der Waals surface area (Å²) in [5.41, 5.74) is 2.66. The average molecular weight is 421 g/mol. The van der Waals surface area contributed by atoms with Crippen molar-refractivity contribution < 1.29 is 4.79 Å². The zero-order chi connectivity index (χ0) is 21.4. The van der Waals surface area contributed by atoms with Crippen LogP contribution in [0.25, 0.3) is 16.5 Å². The molecule has 0 aliphatic rings. The zero-order valence-corrected chi connectivity index (χ0v) is 17.6. The molecular formula is C23H21ClN4O2. The fourth-order valence-electron chi connectivity index (χ4n) is 3.84. The van der Waals surface area contributed by atoms with Gasteiger partial charge in [0.25, 0.3) is 5.56 Å². The van der Waals surface area contributed by atoms with E-state index in [0.717, 1.165) is 16.8 Å². The van der Waals surface area contributed by atoms with Crippen molar-refractivity contribution >= 4 is 34.0 Å². The van der Waals surface area contributed by atoms with E-state index in [1.165, 1.54) is 4.68 Å². The predicted molar refractivity (Wildman–Crippen MR) is 120 cm³/mol. The Labute approximate surface area is 178 Å². The Morgan fingerprint density at radius 3 is 2.50 bits per heavy atom. The number of hydrogen-bond acceptors (Lipinski definition) is 3. The van der Waals surface area contributed by atoms with Gasteiger partial charge in [0.05, 0.1) is 17.3 Å². The summed E-state index contributed by atoms with van der Waals surface area (Å²) in [5.74, 6) is -0.194. The van der Waals surface area contributed by atoms with E-state index in [9.17, 15) is 9.59 Å². The van der Waals surface area contributed by atoms with Crippen LogP contribution in [0.15, 0.2) is 65.6 Å². The third-order valence-corrected chi connectivity index (χ3v) is 5.55. The topological polar surface area (TPSA) is 68.9 Å². The molecule has 2 heterocycles. The van der Waals surface area contributed by atoms with Gasteiger partial charge in [0.2, 0.25) is 5.91 Å². The number of nitrogens with zero attached hydrogens (tertiary/aromatic N) is 3. The van der Waals surface area contributed by atoms with Crippen LogP contribution in [0, 0.1) is 13.8 Å². The molecule has 152 valence electrons. The quantitative estimate of drug-likeness (QED) is 0.522. The number of carbonyl (C=O) groups is 1. The molecular weight excluding hydrogens is 400 g/mol. The molecule has 0 fully saturated rings. The van der Waals surface area contributed by atoms with Crippen molar-refractivity contribution in [1.82, 2.24) is 14.3 Å². The van der Waals surface area contributed by atoms with Crippen LogP contribution in [0.2, 0.25) is 5.02 Å². The van der Waals surface area contributed by atoms with Crippen molar-refractivity contribution in [2.45, 2.75) is 26.8 Å². The molecule has 7 heteroatoms. The van der Waals surface area contributed by atoms with Gasteiger partial charge in [-0.15, -0.1) is 0 Å². The molecule has 0 aliphatic heterocycles. The van der Waals surface area contributed by atoms with E-state index in [1.807, 2.05) is 55.7 Å². The molecule has 0 radical (unpaired) electrons. The van der Waals surface area contributed by atoms with Crippen molar-refractivity contribution in [3.63, 3.8) is 0 Å². The molecule has 0 saturated carbocycles. The number of fused-ring (bicyclic) bond motifs is 1. The largest absolute Gasteiger partial charge is 0.336 e. The first-order valence-corrected chi connectivity index (χ1v) is 9.97. The summed E-state index contributed by atoms with van der Waals surface area (Å²) in [6, 6.07) is 15.8. The maximum Gasteiger partial charge on any atom is 0.281 e. The van der Waals surface area contributed by atoms with Crippen molar-refractivity contribution in [2.75, 3.05) is 5.32 Å². The Morgan fingerprint density at radius 1 is 1.07 bits per heavy atom. The molecule has 0 spiro atoms. The Kier molecular flexibility index (Phi) is 5.18. The first-order valence-electron chi connectivity index (χ1n) is 9.59. The number of nitrogens with one attached hydrogen (secondary N) is 1. The monoisotopic (exact) mass is 420 g/mol. The highest BCUT2D eigenvalue weighted by molar-refractivity contribution is 6.30. The molecule has 1 N–H and O–H groups in total. The lowest BCUT2D eigenvalue weighted by molar-refractivity contribution is -0.118. The first kappa shape index (κ1) is 19.9. The second-order valence-electron chi connectivity index (χ2n) is 7.20. The van der Waals surface area contributed by atoms with Crippen LogP contribution in [0.4, 0.5) is 5.69 Å². The number of halogens is 1. The second-order valence-corrected chi connectivity index (χ2v) is 7.64. The lowest BCUT2D eigenvalue weighted by Crippen LogP contribution is -2.25. The van der Waals surface area contributed by atoms with Crippen LogP contribution in [-0.2, 0) is 4.79 Å². The fraction of sp³-hybridized carbons (Fsp3) is 0.174. The minimum absolute atomic E-state index is 0.194. The molecule has 0 bridgehead atoms. The summed E-state index contributed by atoms with van der Waals surface area (Å²) >= 11 is 6.01. The van der Waals surface area contributed by atoms with E-state index in [-0.39, 0.29) is 11.5 Å². The summed E-state index contributed by atoms with van der Waals surface area (Å²) in [7, 11) is 0. The maximum absolute atomic E-state index is 13.2. The molecule has 1 amide bonds. The minimum Gasteiger partial charge on any atom is -0.336 e. The Bertz CT molecular complexity index is 1310. The van der Waals surface area contributed by atoms with E-state index < -0.39 is 6.04 Å². The maximum atomic E-state index is 13.2. The smallest absolute Gasteiger partial charge is 0.281 e. The van der Waals surface area contributed by atoms with Crippen molar-refractivity contribution in [3.05, 3.63) is 87.6 Å². The highest BCUT2D eigenvalue weighted by Gasteiger charge is 2.23. The molecule has 0 saturated heterocycles. The summed E-state index contributed by atoms with van der Waals surface area (Å²) in [4.78, 5) is 26.1. The second kappa shape index (κ2) is 7.80. The van der Waals surface area contributed by atoms with Crippen molar-refractivity contribution in [2.24, 2.45) is 0 Å². The molecule has 2 aromatic carbocycles. The van der Waals surface area contributed by atoms with E-state index in [4.69, 9.17) is 11.6 Å². The molecule has 0 aliphatic carbocycles. The van der Waals surface area contributed by atoms with Gasteiger partial charge in [0.15, 0.2) is 0 Å². The van der Waals surface area contributed by atoms with Gasteiger partial charge in [-0.3, -0.25) is 9.59 Å². The number of anilines is 1. The molecule has 30 heavy (non-hydrogen) atoms. The van der Waals surface area contributed by atoms with Crippen molar-refractivity contribution in [3.8, 4) is 5.69 Å². The molecule has 2 aromatic heterocycles. The van der Waals surface area contributed by atoms with Gasteiger partial charge in [0.1, 0.15) is 6.04 Å². The highest BCUT2D eigenvalue weighted by Crippen LogP contribution is 2.27. The van der Waals surface area contributed by atoms with Crippen LogP contribution in [0.5, 0.6) is 0 Å². The average Bonchev–Trinajstić information content (AvgIpc) is 2.99. The molecule has 1 atom stereocenters. The highest BCUT2D eigenvalue weighted by atomic mass is 35.5. The lowest BCUT2D eigenvalue weighted by Gasteiger charge is -2.18. The number of hydrogen-bond donors (Lipinski definition) is 1. The van der Waals surface area contributed by atoms with Gasteiger partial charge < -0.3 is 9.88 Å². The summed E-state index contributed by atoms with van der Waals surface area (Å²) in [6.07, 6.45) is 1.68. The van der Waals surface area contributed by atoms with Crippen LogP contribution in [-0.4, -0.2) is 20.3 Å². The molecule has 4 rings (SSSR count). The number of aromatic nitrogens is 3. The molecule has 6 nitrogen and oxygen atoms in total. The standard InChI is InChI=1S/C23H21ClN4O2/c1-14-20-13-25-28(19-10-5-4-6-11-19)23(30)21(20)15(2)27(14)16(3)22(29)26-18-9-7-8-17(24)12-18/h4-13,16H,1-3H3,(H,26,29). The van der Waals surface area contributed by atoms with Crippen LogP contribution in [0.1, 0.15) is 24.4 Å². The van der Waals surface area contributed by atoms with Gasteiger partial charge in [-0.1, -0.05) is 35.9 Å². The van der Waals surface area contributed by atoms with E-state index >= 15 is 0 Å². The minimum atomic E-state index is -0.527. The number of aryl methyl sites for hydroxylation is 2. The lowest BCUT2D eigenvalue weighted by atomic mass is 10.2. The third-order valence-electron chi connectivity index (χ3n) is 5.31. The summed E-state index contributed by atoms with van der Waals surface area (Å²) < 4.78 is 3.26. The number of carbonyl (C=O) groups excluding carboxylic acids is 1. The summed E-state index contributed by atoms with van der Waals surface area (Å²) in [6.45, 7) is 5.56. The first-order chi connectivity index (χ1) is 14.4. The molecule has 1 unspecified atom stereocenters. The Morgan fingerprint density at radius 2 is 1.80 bits per heavy atom. The van der Waals surface area contributed by atoms with Crippen LogP contribution in [0.3, 0.4) is 0 Å². The van der Waals surface area contributed by atoms with Gasteiger partial charge in [-0.2, -0.15) is 9.78 Å². The normalized spacial score (nSPS) is 12.1. The van der Waals surface area contributed by atoms with Gasteiger partial charge in [-0.25, -0.2) is 0 Å². The zero-order valence-electron chi connectivity index (χ0n) is 16.9. The molecule has 4 aromatic rings. The predicted octanol–water partition coefficient (Wildman–Crippen LogP) is 4.66. The van der Waals surface area contributed by atoms with Gasteiger partial charge in [-0.05, 0) is 51.1 Å².